The molecule has 0 heterocycles. The van der Waals surface area contributed by atoms with Crippen molar-refractivity contribution in [3.05, 3.63) is 0 Å². The van der Waals surface area contributed by atoms with Crippen molar-refractivity contribution in [3.8, 4) is 0 Å². The summed E-state index contributed by atoms with van der Waals surface area (Å²) in [6.45, 7) is 4.61. The fourth-order valence-corrected chi connectivity index (χ4v) is 2.81. The van der Waals surface area contributed by atoms with E-state index in [9.17, 15) is 4.79 Å². The van der Waals surface area contributed by atoms with Gasteiger partial charge in [-0.1, -0.05) is 0 Å². The Hall–Kier alpha value is -0.650. The van der Waals surface area contributed by atoms with Gasteiger partial charge in [0.15, 0.2) is 0 Å². The summed E-state index contributed by atoms with van der Waals surface area (Å²) in [6.07, 6.45) is 4.18. The molecule has 0 radical (unpaired) electrons. The molecule has 5 nitrogen and oxygen atoms in total. The van der Waals surface area contributed by atoms with E-state index in [1.54, 1.807) is 6.92 Å². The first-order valence-corrected chi connectivity index (χ1v) is 7.01. The molecule has 112 valence electrons. The number of nitrogens with two attached hydrogens (primary N) is 1. The van der Waals surface area contributed by atoms with Gasteiger partial charge in [0.25, 0.3) is 0 Å². The summed E-state index contributed by atoms with van der Waals surface area (Å²) < 4.78 is 0. The van der Waals surface area contributed by atoms with Gasteiger partial charge in [-0.25, -0.2) is 0 Å². The number of rotatable bonds is 7. The van der Waals surface area contributed by atoms with Crippen LogP contribution in [0.15, 0.2) is 0 Å². The lowest BCUT2D eigenvalue weighted by Gasteiger charge is -2.50. The lowest BCUT2D eigenvalue weighted by Crippen LogP contribution is -2.59. The summed E-state index contributed by atoms with van der Waals surface area (Å²) in [6, 6.07) is 0.156. The molecule has 1 aliphatic rings. The highest BCUT2D eigenvalue weighted by Crippen LogP contribution is 2.37. The van der Waals surface area contributed by atoms with Crippen molar-refractivity contribution >= 4 is 5.97 Å². The van der Waals surface area contributed by atoms with E-state index >= 15 is 0 Å². The van der Waals surface area contributed by atoms with Crippen LogP contribution >= 0.6 is 0 Å². The maximum absolute atomic E-state index is 11.1. The largest absolute Gasteiger partial charge is 0.480 e. The molecule has 0 saturated heterocycles. The molecule has 1 rings (SSSR count). The van der Waals surface area contributed by atoms with Crippen molar-refractivity contribution < 1.29 is 9.90 Å². The van der Waals surface area contributed by atoms with Gasteiger partial charge in [-0.15, -0.1) is 0 Å². The summed E-state index contributed by atoms with van der Waals surface area (Å²) in [5.41, 5.74) is 4.94. The van der Waals surface area contributed by atoms with Crippen LogP contribution in [0.1, 0.15) is 39.5 Å². The van der Waals surface area contributed by atoms with Gasteiger partial charge in [0.1, 0.15) is 5.54 Å². The van der Waals surface area contributed by atoms with Crippen LogP contribution in [-0.2, 0) is 4.79 Å². The molecule has 0 aromatic rings. The zero-order valence-electron chi connectivity index (χ0n) is 12.9. The van der Waals surface area contributed by atoms with Crippen molar-refractivity contribution in [2.75, 3.05) is 27.7 Å². The molecule has 0 spiro atoms. The number of hydrogen-bond donors (Lipinski definition) is 2. The molecule has 2 unspecified atom stereocenters. The molecule has 1 fully saturated rings. The second-order valence-corrected chi connectivity index (χ2v) is 6.66. The average molecular weight is 271 g/mol. The fraction of sp³-hybridized carbons (Fsp3) is 0.929. The van der Waals surface area contributed by atoms with Crippen molar-refractivity contribution in [1.82, 2.24) is 9.80 Å². The highest BCUT2D eigenvalue weighted by Gasteiger charge is 2.41. The van der Waals surface area contributed by atoms with Crippen molar-refractivity contribution in [3.63, 3.8) is 0 Å². The predicted molar refractivity (Wildman–Crippen MR) is 77.2 cm³/mol. The monoisotopic (exact) mass is 271 g/mol. The third-order valence-corrected chi connectivity index (χ3v) is 4.74. The predicted octanol–water partition coefficient (Wildman–Crippen LogP) is 0.983. The number of carbonyl (C=O) groups is 1. The van der Waals surface area contributed by atoms with Crippen LogP contribution in [0.3, 0.4) is 0 Å². The summed E-state index contributed by atoms with van der Waals surface area (Å²) >= 11 is 0. The lowest BCUT2D eigenvalue weighted by atomic mass is 9.75. The quantitative estimate of drug-likeness (QED) is 0.722. The first-order chi connectivity index (χ1) is 8.61. The van der Waals surface area contributed by atoms with E-state index < -0.39 is 11.5 Å². The van der Waals surface area contributed by atoms with Gasteiger partial charge in [0, 0.05) is 18.1 Å². The van der Waals surface area contributed by atoms with E-state index in [-0.39, 0.29) is 11.6 Å². The molecule has 1 saturated carbocycles. The van der Waals surface area contributed by atoms with E-state index in [2.05, 4.69) is 37.9 Å². The normalized spacial score (nSPS) is 22.9. The first kappa shape index (κ1) is 16.4. The molecule has 3 N–H and O–H groups in total. The topological polar surface area (TPSA) is 69.8 Å². The van der Waals surface area contributed by atoms with E-state index in [1.165, 1.54) is 19.3 Å². The third kappa shape index (κ3) is 3.68. The Balaban J connectivity index is 2.58. The summed E-state index contributed by atoms with van der Waals surface area (Å²) in [5.74, 6) is -0.932. The van der Waals surface area contributed by atoms with Crippen molar-refractivity contribution in [2.45, 2.75) is 56.7 Å². The Morgan fingerprint density at radius 1 is 1.42 bits per heavy atom. The molecular weight excluding hydrogens is 242 g/mol. The maximum Gasteiger partial charge on any atom is 0.323 e. The zero-order chi connectivity index (χ0) is 14.8. The molecule has 0 bridgehead atoms. The minimum atomic E-state index is -1.15. The smallest absolute Gasteiger partial charge is 0.323 e. The highest BCUT2D eigenvalue weighted by molar-refractivity contribution is 5.77. The molecule has 0 aromatic heterocycles. The number of carboxylic acids is 1. The summed E-state index contributed by atoms with van der Waals surface area (Å²) in [7, 11) is 6.32. The SMILES string of the molecule is CC(CC(C)(N)C(=O)O)N(C)CC1(N(C)C)CCC1. The number of hydrogen-bond acceptors (Lipinski definition) is 4. The number of carboxylic acid groups (broad SMARTS) is 1. The number of nitrogens with zero attached hydrogens (tertiary/aromatic N) is 2. The van der Waals surface area contributed by atoms with Gasteiger partial charge >= 0.3 is 5.97 Å². The third-order valence-electron chi connectivity index (χ3n) is 4.74. The average Bonchev–Trinajstić information content (AvgIpc) is 2.21. The van der Waals surface area contributed by atoms with Gasteiger partial charge in [0.05, 0.1) is 0 Å². The van der Waals surface area contributed by atoms with Crippen LogP contribution in [0.4, 0.5) is 0 Å². The minimum absolute atomic E-state index is 0.156. The van der Waals surface area contributed by atoms with Crippen LogP contribution in [-0.4, -0.2) is 65.7 Å². The molecule has 19 heavy (non-hydrogen) atoms. The highest BCUT2D eigenvalue weighted by atomic mass is 16.4. The molecule has 0 amide bonds. The van der Waals surface area contributed by atoms with E-state index in [0.717, 1.165) is 6.54 Å². The molecule has 0 aromatic carbocycles. The molecule has 0 aliphatic heterocycles. The van der Waals surface area contributed by atoms with Gasteiger partial charge < -0.3 is 20.6 Å². The van der Waals surface area contributed by atoms with E-state index in [4.69, 9.17) is 10.8 Å². The van der Waals surface area contributed by atoms with Gasteiger partial charge in [0.2, 0.25) is 0 Å². The van der Waals surface area contributed by atoms with E-state index in [1.807, 2.05) is 0 Å². The van der Waals surface area contributed by atoms with Crippen LogP contribution in [0, 0.1) is 0 Å². The Labute approximate surface area is 116 Å². The van der Waals surface area contributed by atoms with Gasteiger partial charge in [-0.2, -0.15) is 0 Å². The van der Waals surface area contributed by atoms with Crippen molar-refractivity contribution in [1.29, 1.82) is 0 Å². The summed E-state index contributed by atoms with van der Waals surface area (Å²) in [5, 5.41) is 9.10. The molecular formula is C14H29N3O2. The lowest BCUT2D eigenvalue weighted by molar-refractivity contribution is -0.143. The van der Waals surface area contributed by atoms with Gasteiger partial charge in [-0.05, 0) is 60.7 Å². The number of aliphatic carboxylic acids is 1. The molecule has 2 atom stereocenters. The zero-order valence-corrected chi connectivity index (χ0v) is 12.9. The fourth-order valence-electron chi connectivity index (χ4n) is 2.81. The molecule has 5 heteroatoms. The van der Waals surface area contributed by atoms with Crippen LogP contribution in [0.25, 0.3) is 0 Å². The van der Waals surface area contributed by atoms with Crippen LogP contribution in [0.5, 0.6) is 0 Å². The minimum Gasteiger partial charge on any atom is -0.480 e. The summed E-state index contributed by atoms with van der Waals surface area (Å²) in [4.78, 5) is 15.6. The van der Waals surface area contributed by atoms with E-state index in [0.29, 0.717) is 6.42 Å². The van der Waals surface area contributed by atoms with Crippen LogP contribution in [0.2, 0.25) is 0 Å². The maximum atomic E-state index is 11.1. The second kappa shape index (κ2) is 5.77. The Morgan fingerprint density at radius 3 is 2.26 bits per heavy atom. The van der Waals surface area contributed by atoms with Gasteiger partial charge in [-0.3, -0.25) is 4.79 Å². The standard InChI is InChI=1S/C14H29N3O2/c1-11(9-13(2,15)12(18)19)17(5)10-14(16(3)4)7-6-8-14/h11H,6-10,15H2,1-5H3,(H,18,19). The second-order valence-electron chi connectivity index (χ2n) is 6.66. The van der Waals surface area contributed by atoms with Crippen molar-refractivity contribution in [2.24, 2.45) is 5.73 Å². The Morgan fingerprint density at radius 2 is 1.95 bits per heavy atom. The Bertz CT molecular complexity index is 325. The molecule has 1 aliphatic carbocycles. The first-order valence-electron chi connectivity index (χ1n) is 7.01. The number of likely N-dealkylation sites (N-methyl/N-ethyl adjacent to an activating group) is 2. The van der Waals surface area contributed by atoms with Crippen LogP contribution < -0.4 is 5.73 Å². The Kier molecular flexibility index (Phi) is 4.98.